The molecule has 0 unspecified atom stereocenters. The summed E-state index contributed by atoms with van der Waals surface area (Å²) in [5, 5.41) is 9.94. The lowest BCUT2D eigenvalue weighted by Crippen LogP contribution is -2.12. The first-order chi connectivity index (χ1) is 7.86. The van der Waals surface area contributed by atoms with Gasteiger partial charge in [0, 0.05) is 17.6 Å². The average Bonchev–Trinajstić information content (AvgIpc) is 2.94. The first-order valence-electron chi connectivity index (χ1n) is 5.44. The van der Waals surface area contributed by atoms with E-state index in [1.165, 1.54) is 18.0 Å². The Morgan fingerprint density at radius 2 is 2.06 bits per heavy atom. The first kappa shape index (κ1) is 12.9. The van der Waals surface area contributed by atoms with E-state index < -0.39 is 15.4 Å². The maximum atomic E-state index is 11.7. The predicted molar refractivity (Wildman–Crippen MR) is 69.2 cm³/mol. The van der Waals surface area contributed by atoms with Crippen molar-refractivity contribution in [3.63, 3.8) is 0 Å². The molecule has 2 rings (SSSR count). The van der Waals surface area contributed by atoms with E-state index in [9.17, 15) is 13.5 Å². The van der Waals surface area contributed by atoms with Gasteiger partial charge in [0.25, 0.3) is 0 Å². The molecule has 1 saturated carbocycles. The second kappa shape index (κ2) is 4.30. The second-order valence-corrected chi connectivity index (χ2v) is 7.42. The number of hydrogen-bond acceptors (Lipinski definition) is 4. The van der Waals surface area contributed by atoms with Crippen LogP contribution in [0.4, 0.5) is 0 Å². The Bertz CT molecular complexity index is 531. The summed E-state index contributed by atoms with van der Waals surface area (Å²) in [7, 11) is -3.21. The number of sulfone groups is 1. The predicted octanol–water partition coefficient (Wildman–Crippen LogP) is 1.88. The largest absolute Gasteiger partial charge is 0.390 e. The lowest BCUT2D eigenvalue weighted by Gasteiger charge is -2.14. The fraction of sp³-hybridized carbons (Fsp3) is 0.500. The molecule has 0 spiro atoms. The van der Waals surface area contributed by atoms with Crippen molar-refractivity contribution in [2.45, 2.75) is 34.7 Å². The monoisotopic (exact) mass is 272 g/mol. The zero-order chi connectivity index (χ0) is 12.7. The standard InChI is InChI=1S/C12H16O3S2/c1-16-11-9(8-12(13)6-7-12)4-3-5-10(11)17(2,14)15/h3-5,13H,6-8H2,1-2H3. The number of hydrogen-bond donors (Lipinski definition) is 1. The summed E-state index contributed by atoms with van der Waals surface area (Å²) in [4.78, 5) is 1.14. The molecular weight excluding hydrogens is 256 g/mol. The van der Waals surface area contributed by atoms with Gasteiger partial charge in [-0.15, -0.1) is 11.8 Å². The van der Waals surface area contributed by atoms with Crippen molar-refractivity contribution in [2.24, 2.45) is 0 Å². The topological polar surface area (TPSA) is 54.4 Å². The molecule has 0 aromatic heterocycles. The van der Waals surface area contributed by atoms with Gasteiger partial charge in [-0.3, -0.25) is 0 Å². The van der Waals surface area contributed by atoms with Gasteiger partial charge >= 0.3 is 0 Å². The maximum absolute atomic E-state index is 11.7. The number of aliphatic hydroxyl groups is 1. The van der Waals surface area contributed by atoms with Gasteiger partial charge < -0.3 is 5.11 Å². The van der Waals surface area contributed by atoms with E-state index in [2.05, 4.69) is 0 Å². The SMILES string of the molecule is CSc1c(CC2(O)CC2)cccc1S(C)(=O)=O. The molecule has 5 heteroatoms. The van der Waals surface area contributed by atoms with Crippen molar-refractivity contribution in [3.8, 4) is 0 Å². The van der Waals surface area contributed by atoms with Crippen molar-refractivity contribution in [1.29, 1.82) is 0 Å². The molecular formula is C12H16O3S2. The summed E-state index contributed by atoms with van der Waals surface area (Å²) in [6.07, 6.45) is 5.25. The Kier molecular flexibility index (Phi) is 3.27. The molecule has 0 aliphatic heterocycles. The Morgan fingerprint density at radius 1 is 1.41 bits per heavy atom. The molecule has 0 saturated heterocycles. The fourth-order valence-electron chi connectivity index (χ4n) is 1.90. The fourth-order valence-corrected chi connectivity index (χ4v) is 4.07. The van der Waals surface area contributed by atoms with Crippen LogP contribution in [-0.4, -0.2) is 31.6 Å². The number of benzene rings is 1. The van der Waals surface area contributed by atoms with Crippen LogP contribution >= 0.6 is 11.8 Å². The summed E-state index contributed by atoms with van der Waals surface area (Å²) in [6, 6.07) is 5.27. The van der Waals surface area contributed by atoms with Gasteiger partial charge in [0.05, 0.1) is 10.5 Å². The van der Waals surface area contributed by atoms with Gasteiger partial charge in [-0.05, 0) is 30.7 Å². The number of thioether (sulfide) groups is 1. The van der Waals surface area contributed by atoms with Crippen LogP contribution in [0.1, 0.15) is 18.4 Å². The van der Waals surface area contributed by atoms with Crippen molar-refractivity contribution in [3.05, 3.63) is 23.8 Å². The highest BCUT2D eigenvalue weighted by Gasteiger charge is 2.40. The van der Waals surface area contributed by atoms with Gasteiger partial charge in [0.2, 0.25) is 0 Å². The van der Waals surface area contributed by atoms with E-state index >= 15 is 0 Å². The molecule has 0 heterocycles. The molecule has 0 amide bonds. The Balaban J connectivity index is 2.46. The highest BCUT2D eigenvalue weighted by Crippen LogP contribution is 2.41. The minimum Gasteiger partial charge on any atom is -0.390 e. The van der Waals surface area contributed by atoms with Crippen LogP contribution in [0.5, 0.6) is 0 Å². The lowest BCUT2D eigenvalue weighted by molar-refractivity contribution is 0.150. The van der Waals surface area contributed by atoms with Crippen LogP contribution in [0.15, 0.2) is 28.0 Å². The van der Waals surface area contributed by atoms with Crippen LogP contribution in [0.2, 0.25) is 0 Å². The molecule has 1 aromatic rings. The van der Waals surface area contributed by atoms with E-state index in [0.717, 1.165) is 23.3 Å². The van der Waals surface area contributed by atoms with E-state index in [1.54, 1.807) is 12.1 Å². The third-order valence-electron chi connectivity index (χ3n) is 3.01. The Morgan fingerprint density at radius 3 is 2.53 bits per heavy atom. The third-order valence-corrected chi connectivity index (χ3v) is 5.17. The molecule has 1 aliphatic rings. The van der Waals surface area contributed by atoms with E-state index in [1.807, 2.05) is 12.3 Å². The summed E-state index contributed by atoms with van der Waals surface area (Å²) in [5.74, 6) is 0. The zero-order valence-corrected chi connectivity index (χ0v) is 11.6. The molecule has 17 heavy (non-hydrogen) atoms. The summed E-state index contributed by atoms with van der Waals surface area (Å²) >= 11 is 1.43. The lowest BCUT2D eigenvalue weighted by atomic mass is 10.1. The molecule has 0 radical (unpaired) electrons. The highest BCUT2D eigenvalue weighted by atomic mass is 32.2. The summed E-state index contributed by atoms with van der Waals surface area (Å²) in [6.45, 7) is 0. The van der Waals surface area contributed by atoms with Crippen molar-refractivity contribution in [2.75, 3.05) is 12.5 Å². The Labute approximate surface area is 106 Å². The third kappa shape index (κ3) is 2.84. The minimum atomic E-state index is -3.21. The van der Waals surface area contributed by atoms with Gasteiger partial charge in [0.15, 0.2) is 9.84 Å². The number of rotatable bonds is 4. The van der Waals surface area contributed by atoms with E-state index in [4.69, 9.17) is 0 Å². The molecule has 94 valence electrons. The van der Waals surface area contributed by atoms with Crippen LogP contribution in [-0.2, 0) is 16.3 Å². The summed E-state index contributed by atoms with van der Waals surface area (Å²) in [5.41, 5.74) is 0.334. The van der Waals surface area contributed by atoms with E-state index in [-0.39, 0.29) is 0 Å². The van der Waals surface area contributed by atoms with E-state index in [0.29, 0.717) is 11.3 Å². The minimum absolute atomic E-state index is 0.367. The van der Waals surface area contributed by atoms with Crippen LogP contribution in [0.3, 0.4) is 0 Å². The zero-order valence-electron chi connectivity index (χ0n) is 9.93. The molecule has 1 aliphatic carbocycles. The van der Waals surface area contributed by atoms with Gasteiger partial charge in [0.1, 0.15) is 0 Å². The van der Waals surface area contributed by atoms with Crippen LogP contribution in [0, 0.1) is 0 Å². The molecule has 1 N–H and O–H groups in total. The van der Waals surface area contributed by atoms with Crippen LogP contribution in [0.25, 0.3) is 0 Å². The first-order valence-corrected chi connectivity index (χ1v) is 8.56. The second-order valence-electron chi connectivity index (χ2n) is 4.62. The molecule has 0 bridgehead atoms. The Hall–Kier alpha value is -0.520. The molecule has 1 aromatic carbocycles. The molecule has 3 nitrogen and oxygen atoms in total. The highest BCUT2D eigenvalue weighted by molar-refractivity contribution is 7.99. The average molecular weight is 272 g/mol. The van der Waals surface area contributed by atoms with Crippen molar-refractivity contribution >= 4 is 21.6 Å². The van der Waals surface area contributed by atoms with Crippen molar-refractivity contribution < 1.29 is 13.5 Å². The quantitative estimate of drug-likeness (QED) is 0.850. The van der Waals surface area contributed by atoms with Crippen molar-refractivity contribution in [1.82, 2.24) is 0 Å². The van der Waals surface area contributed by atoms with Crippen LogP contribution < -0.4 is 0 Å². The molecule has 0 atom stereocenters. The van der Waals surface area contributed by atoms with Gasteiger partial charge in [-0.2, -0.15) is 0 Å². The molecule has 1 fully saturated rings. The normalized spacial score (nSPS) is 18.1. The van der Waals surface area contributed by atoms with Gasteiger partial charge in [-0.1, -0.05) is 12.1 Å². The summed E-state index contributed by atoms with van der Waals surface area (Å²) < 4.78 is 23.3. The maximum Gasteiger partial charge on any atom is 0.176 e. The smallest absolute Gasteiger partial charge is 0.176 e. The van der Waals surface area contributed by atoms with Gasteiger partial charge in [-0.25, -0.2) is 8.42 Å².